The molecule has 1 amide bonds. The minimum atomic E-state index is -3.40. The zero-order valence-corrected chi connectivity index (χ0v) is 22.7. The SMILES string of the molecule is CC1(/N=[SH](=O)/c2cccc(C(=O)N3CC4(CCCCC4)c4cc(NS(C)(=O)=O)ccc43)c2)CCCC1. The summed E-state index contributed by atoms with van der Waals surface area (Å²) in [5.41, 5.74) is 2.48. The fraction of sp³-hybridized carbons (Fsp3) is 0.519. The predicted octanol–water partition coefficient (Wildman–Crippen LogP) is 5.28. The quantitative estimate of drug-likeness (QED) is 0.516. The van der Waals surface area contributed by atoms with Crippen molar-refractivity contribution in [3.05, 3.63) is 53.6 Å². The molecular formula is C27H35N3O4S2. The predicted molar refractivity (Wildman–Crippen MR) is 145 cm³/mol. The lowest BCUT2D eigenvalue weighted by Gasteiger charge is -2.34. The van der Waals surface area contributed by atoms with Crippen molar-refractivity contribution in [3.8, 4) is 0 Å². The number of anilines is 2. The summed E-state index contributed by atoms with van der Waals surface area (Å²) in [6, 6.07) is 12.6. The van der Waals surface area contributed by atoms with Gasteiger partial charge in [0.15, 0.2) is 0 Å². The van der Waals surface area contributed by atoms with E-state index in [-0.39, 0.29) is 16.9 Å². The van der Waals surface area contributed by atoms with Crippen molar-refractivity contribution >= 4 is 37.9 Å². The molecule has 0 bridgehead atoms. The summed E-state index contributed by atoms with van der Waals surface area (Å²) in [5.74, 6) is -0.125. The Kier molecular flexibility index (Phi) is 6.66. The molecule has 9 heteroatoms. The summed E-state index contributed by atoms with van der Waals surface area (Å²) in [7, 11) is -5.34. The molecule has 1 spiro atoms. The van der Waals surface area contributed by atoms with Crippen LogP contribution >= 0.6 is 0 Å². The average molecular weight is 530 g/mol. The monoisotopic (exact) mass is 529 g/mol. The van der Waals surface area contributed by atoms with Crippen LogP contribution in [0.3, 0.4) is 0 Å². The zero-order valence-electron chi connectivity index (χ0n) is 21.0. The Morgan fingerprint density at radius 3 is 2.39 bits per heavy atom. The summed E-state index contributed by atoms with van der Waals surface area (Å²) >= 11 is 0. The van der Waals surface area contributed by atoms with E-state index < -0.39 is 20.6 Å². The second-order valence-electron chi connectivity index (χ2n) is 11.0. The second kappa shape index (κ2) is 9.49. The Balaban J connectivity index is 1.48. The highest BCUT2D eigenvalue weighted by Gasteiger charge is 2.45. The van der Waals surface area contributed by atoms with Crippen LogP contribution in [0.15, 0.2) is 51.7 Å². The molecule has 2 fully saturated rings. The van der Waals surface area contributed by atoms with Gasteiger partial charge in [-0.3, -0.25) is 9.52 Å². The maximum absolute atomic E-state index is 13.8. The Bertz CT molecular complexity index is 1370. The number of nitrogens with zero attached hydrogens (tertiary/aromatic N) is 2. The number of thiol groups is 1. The Morgan fingerprint density at radius 2 is 1.69 bits per heavy atom. The number of rotatable bonds is 5. The first kappa shape index (κ1) is 25.3. The normalized spacial score (nSPS) is 21.4. The van der Waals surface area contributed by atoms with Crippen LogP contribution in [-0.4, -0.2) is 36.9 Å². The van der Waals surface area contributed by atoms with Crippen molar-refractivity contribution in [1.29, 1.82) is 0 Å². The summed E-state index contributed by atoms with van der Waals surface area (Å²) in [4.78, 5) is 16.2. The maximum atomic E-state index is 13.8. The fourth-order valence-corrected chi connectivity index (χ4v) is 7.98. The number of benzene rings is 2. The molecule has 1 aliphatic heterocycles. The van der Waals surface area contributed by atoms with Gasteiger partial charge < -0.3 is 4.90 Å². The number of nitrogens with one attached hydrogen (secondary N) is 1. The van der Waals surface area contributed by atoms with Crippen LogP contribution in [0.2, 0.25) is 0 Å². The number of hydrogen-bond acceptors (Lipinski definition) is 5. The molecule has 0 radical (unpaired) electrons. The molecule has 2 saturated carbocycles. The average Bonchev–Trinajstić information content (AvgIpc) is 3.40. The first-order chi connectivity index (χ1) is 17.1. The van der Waals surface area contributed by atoms with Gasteiger partial charge in [0.05, 0.1) is 22.4 Å². The lowest BCUT2D eigenvalue weighted by atomic mass is 9.70. The van der Waals surface area contributed by atoms with E-state index in [1.54, 1.807) is 30.3 Å². The number of carbonyl (C=O) groups is 1. The van der Waals surface area contributed by atoms with E-state index in [0.29, 0.717) is 22.7 Å². The first-order valence-corrected chi connectivity index (χ1v) is 15.9. The minimum Gasteiger partial charge on any atom is -0.307 e. The van der Waals surface area contributed by atoms with Crippen LogP contribution in [-0.2, 0) is 26.0 Å². The molecule has 2 aromatic rings. The van der Waals surface area contributed by atoms with Crippen LogP contribution in [0.1, 0.15) is 80.6 Å². The highest BCUT2D eigenvalue weighted by atomic mass is 32.2. The molecule has 5 rings (SSSR count). The third-order valence-electron chi connectivity index (χ3n) is 8.01. The van der Waals surface area contributed by atoms with Crippen molar-refractivity contribution in [1.82, 2.24) is 0 Å². The van der Waals surface area contributed by atoms with Gasteiger partial charge in [0.1, 0.15) is 0 Å². The molecule has 0 saturated heterocycles. The number of hydrogen-bond donors (Lipinski definition) is 2. The van der Waals surface area contributed by atoms with Gasteiger partial charge >= 0.3 is 0 Å². The van der Waals surface area contributed by atoms with Crippen LogP contribution in [0, 0.1) is 0 Å². The summed E-state index contributed by atoms with van der Waals surface area (Å²) < 4.78 is 44.0. The Hall–Kier alpha value is -2.39. The Labute approximate surface area is 215 Å². The van der Waals surface area contributed by atoms with Crippen LogP contribution < -0.4 is 9.62 Å². The van der Waals surface area contributed by atoms with E-state index in [9.17, 15) is 17.4 Å². The van der Waals surface area contributed by atoms with Gasteiger partial charge in [0.2, 0.25) is 10.0 Å². The number of fused-ring (bicyclic) bond motifs is 2. The molecule has 0 aromatic heterocycles. The molecule has 1 unspecified atom stereocenters. The smallest absolute Gasteiger partial charge is 0.258 e. The fourth-order valence-electron chi connectivity index (χ4n) is 6.21. The highest BCUT2D eigenvalue weighted by Crippen LogP contribution is 2.50. The van der Waals surface area contributed by atoms with Crippen LogP contribution in [0.4, 0.5) is 11.4 Å². The van der Waals surface area contributed by atoms with E-state index >= 15 is 0 Å². The van der Waals surface area contributed by atoms with E-state index in [2.05, 4.69) is 16.0 Å². The third-order valence-corrected chi connectivity index (χ3v) is 10.00. The molecule has 1 atom stereocenters. The van der Waals surface area contributed by atoms with Crippen LogP contribution in [0.5, 0.6) is 0 Å². The van der Waals surface area contributed by atoms with Crippen molar-refractivity contribution in [3.63, 3.8) is 0 Å². The maximum Gasteiger partial charge on any atom is 0.258 e. The number of carbonyl (C=O) groups excluding carboxylic acids is 1. The summed E-state index contributed by atoms with van der Waals surface area (Å²) in [6.45, 7) is 2.64. The van der Waals surface area contributed by atoms with Gasteiger partial charge in [-0.15, -0.1) is 0 Å². The van der Waals surface area contributed by atoms with Gasteiger partial charge in [0.25, 0.3) is 5.91 Å². The van der Waals surface area contributed by atoms with Crippen molar-refractivity contribution in [2.45, 2.75) is 80.6 Å². The third kappa shape index (κ3) is 5.05. The van der Waals surface area contributed by atoms with Gasteiger partial charge in [-0.25, -0.2) is 17.0 Å². The molecule has 2 aliphatic carbocycles. The lowest BCUT2D eigenvalue weighted by Crippen LogP contribution is -2.38. The molecular weight excluding hydrogens is 494 g/mol. The lowest BCUT2D eigenvalue weighted by molar-refractivity contribution is 0.0982. The largest absolute Gasteiger partial charge is 0.307 e. The Morgan fingerprint density at radius 1 is 1.00 bits per heavy atom. The molecule has 194 valence electrons. The molecule has 3 aliphatic rings. The standard InChI is InChI=1S/C27H35N3O4S2/c1-26(13-6-7-14-26)29-35(32)22-10-8-9-20(17-22)25(31)30-19-27(15-4-3-5-16-27)23-18-21(11-12-24(23)30)28-36(2,33)34/h8-12,17-18,28,35H,3-7,13-16,19H2,1-2H3. The van der Waals surface area contributed by atoms with Gasteiger partial charge in [-0.05, 0) is 74.6 Å². The molecule has 2 aromatic carbocycles. The van der Waals surface area contributed by atoms with Crippen molar-refractivity contribution < 1.29 is 17.4 Å². The van der Waals surface area contributed by atoms with E-state index in [1.165, 1.54) is 6.42 Å². The van der Waals surface area contributed by atoms with E-state index in [1.807, 2.05) is 17.0 Å². The minimum absolute atomic E-state index is 0.125. The van der Waals surface area contributed by atoms with E-state index in [0.717, 1.165) is 68.9 Å². The molecule has 1 N–H and O–H groups in total. The summed E-state index contributed by atoms with van der Waals surface area (Å²) in [5, 5.41) is 0. The van der Waals surface area contributed by atoms with Gasteiger partial charge in [-0.2, -0.15) is 0 Å². The summed E-state index contributed by atoms with van der Waals surface area (Å²) in [6.07, 6.45) is 10.5. The molecule has 1 heterocycles. The first-order valence-electron chi connectivity index (χ1n) is 12.8. The molecule has 36 heavy (non-hydrogen) atoms. The van der Waals surface area contributed by atoms with Gasteiger partial charge in [0, 0.05) is 33.8 Å². The topological polar surface area (TPSA) is 95.9 Å². The zero-order chi connectivity index (χ0) is 25.6. The van der Waals surface area contributed by atoms with Crippen molar-refractivity contribution in [2.24, 2.45) is 4.36 Å². The van der Waals surface area contributed by atoms with Gasteiger partial charge in [-0.1, -0.05) is 38.2 Å². The van der Waals surface area contributed by atoms with Crippen molar-refractivity contribution in [2.75, 3.05) is 22.4 Å². The van der Waals surface area contributed by atoms with Crippen LogP contribution in [0.25, 0.3) is 0 Å². The number of sulfonamides is 1. The second-order valence-corrected chi connectivity index (χ2v) is 14.0. The molecule has 7 nitrogen and oxygen atoms in total. The van der Waals surface area contributed by atoms with E-state index in [4.69, 9.17) is 0 Å². The highest BCUT2D eigenvalue weighted by molar-refractivity contribution is 7.92. The number of amides is 1.